The van der Waals surface area contributed by atoms with Gasteiger partial charge in [0.1, 0.15) is 24.0 Å². The summed E-state index contributed by atoms with van der Waals surface area (Å²) in [4.78, 5) is 24.8. The van der Waals surface area contributed by atoms with Gasteiger partial charge in [0.15, 0.2) is 35.0 Å². The third-order valence-electron chi connectivity index (χ3n) is 6.80. The molecule has 1 saturated carbocycles. The van der Waals surface area contributed by atoms with Crippen LogP contribution in [0.5, 0.6) is 5.75 Å². The fraction of sp³-hybridized carbons (Fsp3) is 0.520. The Hall–Kier alpha value is -3.03. The van der Waals surface area contributed by atoms with Crippen molar-refractivity contribution >= 4 is 30.5 Å². The number of aliphatic hydroxyl groups is 1. The van der Waals surface area contributed by atoms with Gasteiger partial charge < -0.3 is 19.7 Å². The number of aromatic nitrogens is 4. The molecule has 3 N–H and O–H groups in total. The lowest BCUT2D eigenvalue weighted by Gasteiger charge is -2.28. The molecule has 1 aliphatic heterocycles. The molecule has 5 rings (SSSR count). The van der Waals surface area contributed by atoms with Gasteiger partial charge in [-0.15, -0.1) is 0 Å². The Bertz CT molecular complexity index is 1450. The molecule has 3 heterocycles. The fourth-order valence-corrected chi connectivity index (χ4v) is 5.87. The number of rotatable bonds is 11. The van der Waals surface area contributed by atoms with Crippen LogP contribution >= 0.6 is 7.75 Å². The third kappa shape index (κ3) is 5.59. The highest BCUT2D eigenvalue weighted by Gasteiger charge is 2.65. The Morgan fingerprint density at radius 2 is 2.00 bits per heavy atom. The molecule has 15 heteroatoms. The number of hydrogen-bond donors (Lipinski definition) is 3. The van der Waals surface area contributed by atoms with Gasteiger partial charge in [-0.25, -0.2) is 33.4 Å². The van der Waals surface area contributed by atoms with Crippen LogP contribution < -0.4 is 14.9 Å². The van der Waals surface area contributed by atoms with Crippen molar-refractivity contribution < 1.29 is 37.0 Å². The zero-order valence-electron chi connectivity index (χ0n) is 22.4. The van der Waals surface area contributed by atoms with Gasteiger partial charge in [0, 0.05) is 6.04 Å². The van der Waals surface area contributed by atoms with E-state index in [-0.39, 0.29) is 23.2 Å². The Morgan fingerprint density at radius 3 is 2.65 bits per heavy atom. The molecule has 2 aromatic heterocycles. The Balaban J connectivity index is 1.41. The second-order valence-electron chi connectivity index (χ2n) is 10.3. The molecule has 40 heavy (non-hydrogen) atoms. The summed E-state index contributed by atoms with van der Waals surface area (Å²) < 4.78 is 63.2. The minimum atomic E-state index is -4.43. The number of imidazole rings is 1. The lowest BCUT2D eigenvalue weighted by Crippen LogP contribution is -2.47. The summed E-state index contributed by atoms with van der Waals surface area (Å²) in [5, 5.41) is 16.5. The van der Waals surface area contributed by atoms with Crippen molar-refractivity contribution in [2.24, 2.45) is 0 Å². The van der Waals surface area contributed by atoms with E-state index in [1.165, 1.54) is 36.9 Å². The number of para-hydroxylation sites is 1. The number of Topliss-reactive ketones (excluding diaryl/α,β-unsaturated/α-hetero) is 1. The van der Waals surface area contributed by atoms with Crippen LogP contribution in [0.25, 0.3) is 11.2 Å². The van der Waals surface area contributed by atoms with E-state index in [1.54, 1.807) is 25.1 Å². The van der Waals surface area contributed by atoms with Crippen LogP contribution in [-0.4, -0.2) is 66.7 Å². The van der Waals surface area contributed by atoms with Crippen LogP contribution in [0.4, 0.5) is 14.6 Å². The summed E-state index contributed by atoms with van der Waals surface area (Å²) in [7, 11) is -4.43. The van der Waals surface area contributed by atoms with E-state index >= 15 is 8.78 Å². The maximum Gasteiger partial charge on any atom is 0.459 e. The molecular weight excluding hydrogens is 549 g/mol. The van der Waals surface area contributed by atoms with Gasteiger partial charge in [0.25, 0.3) is 5.85 Å². The first-order valence-corrected chi connectivity index (χ1v) is 14.3. The van der Waals surface area contributed by atoms with Crippen LogP contribution in [0.3, 0.4) is 0 Å². The molecule has 2 fully saturated rings. The Labute approximate surface area is 229 Å². The summed E-state index contributed by atoms with van der Waals surface area (Å²) in [5.41, 5.74) is -2.18. The number of carbonyl (C=O) groups excluding carboxylic acids is 1. The number of ether oxygens (including phenoxy) is 1. The van der Waals surface area contributed by atoms with Gasteiger partial charge in [0.2, 0.25) is 0 Å². The zero-order chi connectivity index (χ0) is 28.9. The average molecular weight is 581 g/mol. The molecule has 0 radical (unpaired) electrons. The van der Waals surface area contributed by atoms with E-state index in [9.17, 15) is 14.5 Å². The standard InChI is InChI=1S/C25H31F2N6O6P/c1-14(15(2)34)32-40(36,39-18-8-6-5-7-9-18)37-12-25(27)22(35)24(4,26)23(38-25)33-13-28-19-20(31-17-10-11-17)29-16(3)30-21(19)33/h5-9,13-14,17,22-23,35H,10-12H2,1-4H3,(H,32,36)(H,29,30,31)/t14-,22-,23+,24+,25+,40?/m0/s1. The molecule has 6 atom stereocenters. The van der Waals surface area contributed by atoms with Gasteiger partial charge in [-0.1, -0.05) is 18.2 Å². The summed E-state index contributed by atoms with van der Waals surface area (Å²) >= 11 is 0. The Kier molecular flexibility index (Phi) is 7.42. The van der Waals surface area contributed by atoms with Gasteiger partial charge in [-0.2, -0.15) is 0 Å². The molecule has 216 valence electrons. The number of nitrogens with zero attached hydrogens (tertiary/aromatic N) is 4. The summed E-state index contributed by atoms with van der Waals surface area (Å²) in [6.45, 7) is 4.12. The number of anilines is 1. The lowest BCUT2D eigenvalue weighted by atomic mass is 9.97. The summed E-state index contributed by atoms with van der Waals surface area (Å²) in [6, 6.07) is 7.15. The maximum absolute atomic E-state index is 16.2. The van der Waals surface area contributed by atoms with Crippen molar-refractivity contribution in [3.05, 3.63) is 42.5 Å². The minimum Gasteiger partial charge on any atom is -0.413 e. The number of aliphatic hydroxyl groups excluding tert-OH is 1. The number of alkyl halides is 2. The topological polar surface area (TPSA) is 150 Å². The predicted molar refractivity (Wildman–Crippen MR) is 140 cm³/mol. The van der Waals surface area contributed by atoms with Gasteiger partial charge in [-0.05, 0) is 52.7 Å². The highest BCUT2D eigenvalue weighted by molar-refractivity contribution is 7.52. The lowest BCUT2D eigenvalue weighted by molar-refractivity contribution is -0.202. The van der Waals surface area contributed by atoms with E-state index in [4.69, 9.17) is 13.8 Å². The number of aryl methyl sites for hydroxylation is 1. The molecule has 12 nitrogen and oxygen atoms in total. The highest BCUT2D eigenvalue weighted by Crippen LogP contribution is 2.52. The van der Waals surface area contributed by atoms with Crippen LogP contribution in [-0.2, 0) is 18.6 Å². The van der Waals surface area contributed by atoms with Crippen molar-refractivity contribution in [1.82, 2.24) is 24.6 Å². The average Bonchev–Trinajstić information content (AvgIpc) is 3.58. The van der Waals surface area contributed by atoms with E-state index in [2.05, 4.69) is 25.4 Å². The maximum atomic E-state index is 16.2. The van der Waals surface area contributed by atoms with E-state index in [0.29, 0.717) is 17.2 Å². The zero-order valence-corrected chi connectivity index (χ0v) is 23.3. The molecule has 1 aliphatic carbocycles. The highest BCUT2D eigenvalue weighted by atomic mass is 31.2. The molecule has 1 saturated heterocycles. The van der Waals surface area contributed by atoms with Crippen LogP contribution in [0.1, 0.15) is 45.7 Å². The summed E-state index contributed by atoms with van der Waals surface area (Å²) in [5.74, 6) is -2.61. The molecular formula is C25H31F2N6O6P. The van der Waals surface area contributed by atoms with Gasteiger partial charge in [0.05, 0.1) is 12.4 Å². The summed E-state index contributed by atoms with van der Waals surface area (Å²) in [6.07, 6.45) is -0.896. The largest absolute Gasteiger partial charge is 0.459 e. The first-order valence-electron chi connectivity index (χ1n) is 12.8. The number of halogens is 2. The second-order valence-corrected chi connectivity index (χ2v) is 12.0. The monoisotopic (exact) mass is 580 g/mol. The number of fused-ring (bicyclic) bond motifs is 1. The van der Waals surface area contributed by atoms with Crippen LogP contribution in [0, 0.1) is 6.92 Å². The number of ketones is 1. The van der Waals surface area contributed by atoms with E-state index in [0.717, 1.165) is 19.8 Å². The first kappa shape index (κ1) is 28.5. The van der Waals surface area contributed by atoms with Crippen LogP contribution in [0.2, 0.25) is 0 Å². The van der Waals surface area contributed by atoms with Gasteiger partial charge >= 0.3 is 7.75 Å². The molecule has 3 aromatic rings. The van der Waals surface area contributed by atoms with Crippen LogP contribution in [0.15, 0.2) is 36.7 Å². The van der Waals surface area contributed by atoms with E-state index in [1.807, 2.05) is 0 Å². The SMILES string of the molecule is CC(=O)[C@H](C)NP(=O)(OC[C@@]1(F)O[C@@H](n2cnc3c(NC4CC4)nc(C)nc32)[C@](C)(F)[C@@H]1O)Oc1ccccc1. The first-order chi connectivity index (χ1) is 18.8. The fourth-order valence-electron chi connectivity index (χ4n) is 4.29. The quantitative estimate of drug-likeness (QED) is 0.285. The number of benzene rings is 1. The van der Waals surface area contributed by atoms with Crippen molar-refractivity contribution in [3.8, 4) is 5.75 Å². The second kappa shape index (κ2) is 10.4. The third-order valence-corrected chi connectivity index (χ3v) is 8.42. The number of nitrogens with one attached hydrogen (secondary N) is 2. The smallest absolute Gasteiger partial charge is 0.413 e. The Morgan fingerprint density at radius 1 is 1.30 bits per heavy atom. The van der Waals surface area contributed by atoms with Crippen molar-refractivity contribution in [2.75, 3.05) is 11.9 Å². The van der Waals surface area contributed by atoms with Crippen molar-refractivity contribution in [3.63, 3.8) is 0 Å². The molecule has 1 aromatic carbocycles. The number of carbonyl (C=O) groups is 1. The predicted octanol–water partition coefficient (Wildman–Crippen LogP) is 3.76. The van der Waals surface area contributed by atoms with Crippen molar-refractivity contribution in [1.29, 1.82) is 0 Å². The molecule has 0 amide bonds. The number of hydrogen-bond acceptors (Lipinski definition) is 10. The molecule has 1 unspecified atom stereocenters. The van der Waals surface area contributed by atoms with Gasteiger partial charge in [-0.3, -0.25) is 13.9 Å². The van der Waals surface area contributed by atoms with E-state index < -0.39 is 44.3 Å². The molecule has 2 aliphatic rings. The normalized spacial score (nSPS) is 28.8. The molecule has 0 spiro atoms. The molecule has 0 bridgehead atoms. The van der Waals surface area contributed by atoms with Crippen molar-refractivity contribution in [2.45, 2.75) is 76.5 Å². The minimum absolute atomic E-state index is 0.110.